The van der Waals surface area contributed by atoms with Crippen molar-refractivity contribution in [2.45, 2.75) is 130 Å². The molecule has 1 fully saturated rings. The molecule has 9 rings (SSSR count). The van der Waals surface area contributed by atoms with Crippen LogP contribution in [-0.4, -0.2) is 40.7 Å². The third-order valence-electron chi connectivity index (χ3n) is 14.4. The monoisotopic (exact) mass is 662 g/mol. The minimum Gasteiger partial charge on any atom is -0.362 e. The molecule has 0 spiro atoms. The summed E-state index contributed by atoms with van der Waals surface area (Å²) in [4.78, 5) is 5.95. The molecule has 0 N–H and O–H groups in total. The van der Waals surface area contributed by atoms with Gasteiger partial charge in [0.25, 0.3) is 0 Å². The summed E-state index contributed by atoms with van der Waals surface area (Å²) >= 11 is 0. The van der Waals surface area contributed by atoms with Crippen LogP contribution < -0.4 is 0 Å². The Bertz CT molecular complexity index is 1830. The average Bonchev–Trinajstić information content (AvgIpc) is 3.44. The highest BCUT2D eigenvalue weighted by Gasteiger charge is 2.62. The van der Waals surface area contributed by atoms with E-state index in [1.807, 2.05) is 0 Å². The van der Waals surface area contributed by atoms with Crippen LogP contribution in [0.3, 0.4) is 0 Å². The number of allylic oxidation sites excluding steroid dienone is 12. The lowest BCUT2D eigenvalue weighted by molar-refractivity contribution is 0.160. The van der Waals surface area contributed by atoms with Gasteiger partial charge in [0.1, 0.15) is 0 Å². The van der Waals surface area contributed by atoms with Gasteiger partial charge in [-0.05, 0) is 90.8 Å². The van der Waals surface area contributed by atoms with E-state index >= 15 is 0 Å². The lowest BCUT2D eigenvalue weighted by atomic mass is 9.24. The van der Waals surface area contributed by atoms with E-state index in [9.17, 15) is 0 Å². The molecule has 0 aromatic heterocycles. The fourth-order valence-corrected chi connectivity index (χ4v) is 11.5. The van der Waals surface area contributed by atoms with Crippen molar-refractivity contribution in [2.75, 3.05) is 0 Å². The summed E-state index contributed by atoms with van der Waals surface area (Å²) in [5.74, 6) is 1.68. The quantitative estimate of drug-likeness (QED) is 0.219. The number of rotatable bonds is 3. The molecule has 0 radical (unpaired) electrons. The largest absolute Gasteiger partial charge is 0.362 e. The first kappa shape index (κ1) is 32.7. The van der Waals surface area contributed by atoms with E-state index < -0.39 is 0 Å². The maximum absolute atomic E-state index is 3.05. The van der Waals surface area contributed by atoms with Crippen LogP contribution in [0.5, 0.6) is 0 Å². The number of fused-ring (bicyclic) bond motifs is 6. The first-order chi connectivity index (χ1) is 23.8. The third kappa shape index (κ3) is 4.87. The predicted octanol–water partition coefficient (Wildman–Crippen LogP) is 11.2. The molecule has 0 aromatic carbocycles. The van der Waals surface area contributed by atoms with E-state index in [2.05, 4.69) is 150 Å². The molecule has 1 saturated heterocycles. The van der Waals surface area contributed by atoms with Gasteiger partial charge in [0.2, 0.25) is 6.71 Å². The summed E-state index contributed by atoms with van der Waals surface area (Å²) in [5, 5.41) is 0. The van der Waals surface area contributed by atoms with Gasteiger partial charge in [-0.3, -0.25) is 0 Å². The SMILES string of the molecule is CC(C)(C)C1=CC2B3C4=CC=CCC4N(C4C=CC=CC4)C4=C3C(CC(C(C)(C)C3=CCCC=C3)=C4)N3C4=C(CC(C(C)(C)C)C=C4)C(C1)C23. The van der Waals surface area contributed by atoms with E-state index in [0.29, 0.717) is 48.5 Å². The lowest BCUT2D eigenvalue weighted by Gasteiger charge is -2.60. The fourth-order valence-electron chi connectivity index (χ4n) is 11.5. The second-order valence-electron chi connectivity index (χ2n) is 19.5. The molecule has 9 aliphatic rings. The minimum atomic E-state index is -0.0136. The van der Waals surface area contributed by atoms with Crippen LogP contribution in [0.25, 0.3) is 0 Å². The molecule has 2 nitrogen and oxygen atoms in total. The molecule has 3 aliphatic heterocycles. The highest BCUT2D eigenvalue weighted by molar-refractivity contribution is 6.77. The van der Waals surface area contributed by atoms with Crippen LogP contribution in [0, 0.1) is 28.1 Å². The van der Waals surface area contributed by atoms with Crippen LogP contribution in [0.2, 0.25) is 5.82 Å². The van der Waals surface area contributed by atoms with Gasteiger partial charge in [-0.2, -0.15) is 0 Å². The molecule has 0 aromatic rings. The summed E-state index contributed by atoms with van der Waals surface area (Å²) < 4.78 is 0. The van der Waals surface area contributed by atoms with E-state index in [-0.39, 0.29) is 16.2 Å². The van der Waals surface area contributed by atoms with Crippen LogP contribution >= 0.6 is 0 Å². The van der Waals surface area contributed by atoms with Crippen LogP contribution in [0.15, 0.2) is 130 Å². The summed E-state index contributed by atoms with van der Waals surface area (Å²) in [6, 6.07) is 1.70. The maximum atomic E-state index is 3.05. The molecule has 0 amide bonds. The molecule has 0 saturated carbocycles. The Kier molecular flexibility index (Phi) is 7.46. The minimum absolute atomic E-state index is 0.0136. The van der Waals surface area contributed by atoms with E-state index in [1.54, 1.807) is 39.1 Å². The maximum Gasteiger partial charge on any atom is 0.216 e. The normalized spacial score (nSPS) is 34.2. The average molecular weight is 663 g/mol. The number of hydrogen-bond donors (Lipinski definition) is 0. The van der Waals surface area contributed by atoms with Crippen molar-refractivity contribution in [3.63, 3.8) is 0 Å². The molecule has 7 unspecified atom stereocenters. The first-order valence-electron chi connectivity index (χ1n) is 20.1. The van der Waals surface area contributed by atoms with E-state index in [0.717, 1.165) is 25.7 Å². The Hall–Kier alpha value is -3.20. The number of hydrogen-bond acceptors (Lipinski definition) is 2. The van der Waals surface area contributed by atoms with Gasteiger partial charge in [0, 0.05) is 40.9 Å². The first-order valence-corrected chi connectivity index (χ1v) is 20.1. The zero-order valence-corrected chi connectivity index (χ0v) is 32.0. The Labute approximate surface area is 303 Å². The van der Waals surface area contributed by atoms with Crippen molar-refractivity contribution in [1.82, 2.24) is 9.80 Å². The molecule has 260 valence electrons. The van der Waals surface area contributed by atoms with Gasteiger partial charge in [-0.25, -0.2) is 0 Å². The predicted molar refractivity (Wildman–Crippen MR) is 212 cm³/mol. The Morgan fingerprint density at radius 1 is 0.740 bits per heavy atom. The van der Waals surface area contributed by atoms with Crippen molar-refractivity contribution < 1.29 is 0 Å². The van der Waals surface area contributed by atoms with Crippen molar-refractivity contribution in [3.05, 3.63) is 130 Å². The summed E-state index contributed by atoms with van der Waals surface area (Å²) in [6.07, 6.45) is 43.1. The van der Waals surface area contributed by atoms with E-state index in [1.165, 1.54) is 24.8 Å². The van der Waals surface area contributed by atoms with Crippen LogP contribution in [0.1, 0.15) is 100 Å². The second kappa shape index (κ2) is 11.4. The standard InChI is InChI=1S/C47H59BN2/c1-45(2,3)31-23-24-39-35(25-31)36-26-32(46(4,5)6)27-38-44(36)50(39)42-29-33(47(7,8)30-17-11-9-12-18-30)28-41-43(42)48(38)37-21-15-16-22-40(37)49(41)34-19-13-10-14-20-34/h10-11,13-19,21,23-24,27-28,31,34,36,38,40,42,44H,9,12,20,22,25-26,29H2,1-8H3. The molecule has 6 aliphatic carbocycles. The summed E-state index contributed by atoms with van der Waals surface area (Å²) in [6.45, 7) is 20.3. The molecular formula is C47H59BN2. The molecule has 50 heavy (non-hydrogen) atoms. The fraction of sp³-hybridized carbons (Fsp3) is 0.532. The van der Waals surface area contributed by atoms with Crippen molar-refractivity contribution in [2.24, 2.45) is 28.1 Å². The smallest absolute Gasteiger partial charge is 0.216 e. The van der Waals surface area contributed by atoms with Crippen molar-refractivity contribution >= 4 is 6.71 Å². The highest BCUT2D eigenvalue weighted by Crippen LogP contribution is 2.63. The molecule has 0 bridgehead atoms. The summed E-state index contributed by atoms with van der Waals surface area (Å²) in [7, 11) is 0. The zero-order valence-electron chi connectivity index (χ0n) is 32.0. The van der Waals surface area contributed by atoms with Gasteiger partial charge < -0.3 is 9.80 Å². The Morgan fingerprint density at radius 2 is 1.56 bits per heavy atom. The topological polar surface area (TPSA) is 6.48 Å². The Balaban J connectivity index is 1.29. The van der Waals surface area contributed by atoms with Gasteiger partial charge in [-0.15, -0.1) is 0 Å². The second-order valence-corrected chi connectivity index (χ2v) is 19.5. The summed E-state index contributed by atoms with van der Waals surface area (Å²) in [5.41, 5.74) is 13.6. The highest BCUT2D eigenvalue weighted by atomic mass is 15.3. The Morgan fingerprint density at radius 3 is 2.28 bits per heavy atom. The van der Waals surface area contributed by atoms with Gasteiger partial charge >= 0.3 is 0 Å². The van der Waals surface area contributed by atoms with Crippen LogP contribution in [0.4, 0.5) is 0 Å². The zero-order chi connectivity index (χ0) is 34.7. The molecule has 3 heterocycles. The number of nitrogens with zero attached hydrogens (tertiary/aromatic N) is 2. The molecule has 7 atom stereocenters. The molecule has 3 heteroatoms. The van der Waals surface area contributed by atoms with Crippen LogP contribution in [-0.2, 0) is 0 Å². The van der Waals surface area contributed by atoms with Gasteiger partial charge in [-0.1, -0.05) is 150 Å². The van der Waals surface area contributed by atoms with Crippen molar-refractivity contribution in [1.29, 1.82) is 0 Å². The van der Waals surface area contributed by atoms with E-state index in [4.69, 9.17) is 0 Å². The van der Waals surface area contributed by atoms with Gasteiger partial charge in [0.05, 0.1) is 6.04 Å². The lowest BCUT2D eigenvalue weighted by Crippen LogP contribution is -2.64. The van der Waals surface area contributed by atoms with Gasteiger partial charge in [0.15, 0.2) is 0 Å². The third-order valence-corrected chi connectivity index (χ3v) is 14.4. The van der Waals surface area contributed by atoms with Crippen molar-refractivity contribution in [3.8, 4) is 0 Å². The molecular weight excluding hydrogens is 603 g/mol.